The summed E-state index contributed by atoms with van der Waals surface area (Å²) in [7, 11) is 3.25. The second kappa shape index (κ2) is 4.26. The maximum absolute atomic E-state index is 5.36. The molecule has 0 bridgehead atoms. The van der Waals surface area contributed by atoms with Gasteiger partial charge in [-0.05, 0) is 12.1 Å². The number of hydrogen-bond donors (Lipinski definition) is 0. The first-order valence-electron chi connectivity index (χ1n) is 5.21. The molecule has 0 spiro atoms. The molecule has 0 fully saturated rings. The zero-order valence-corrected chi connectivity index (χ0v) is 10.6. The van der Waals surface area contributed by atoms with Gasteiger partial charge < -0.3 is 9.47 Å². The van der Waals surface area contributed by atoms with Crippen molar-refractivity contribution in [3.8, 4) is 22.1 Å². The van der Waals surface area contributed by atoms with Crippen LogP contribution in [0, 0.1) is 0 Å². The molecule has 92 valence electrons. The predicted octanol–water partition coefficient (Wildman–Crippen LogP) is 1.87. The van der Waals surface area contributed by atoms with E-state index < -0.39 is 0 Å². The third kappa shape index (κ3) is 1.60. The van der Waals surface area contributed by atoms with Gasteiger partial charge in [-0.1, -0.05) is 17.4 Å². The van der Waals surface area contributed by atoms with Gasteiger partial charge in [0.05, 0.1) is 19.8 Å². The van der Waals surface area contributed by atoms with Crippen LogP contribution in [0.5, 0.6) is 11.5 Å². The zero-order chi connectivity index (χ0) is 12.5. The minimum absolute atomic E-state index is 0.722. The van der Waals surface area contributed by atoms with Crippen LogP contribution in [0.25, 0.3) is 15.5 Å². The molecule has 0 unspecified atom stereocenters. The van der Waals surface area contributed by atoms with E-state index >= 15 is 0 Å². The number of ether oxygens (including phenoxy) is 2. The van der Waals surface area contributed by atoms with Crippen LogP contribution in [-0.2, 0) is 0 Å². The average molecular weight is 262 g/mol. The Kier molecular flexibility index (Phi) is 2.60. The summed E-state index contributed by atoms with van der Waals surface area (Å²) in [6, 6.07) is 5.63. The first-order valence-corrected chi connectivity index (χ1v) is 6.03. The highest BCUT2D eigenvalue weighted by Crippen LogP contribution is 2.39. The summed E-state index contributed by atoms with van der Waals surface area (Å²) in [6.45, 7) is 0. The molecule has 1 aromatic carbocycles. The smallest absolute Gasteiger partial charge is 0.234 e. The maximum Gasteiger partial charge on any atom is 0.234 e. The third-order valence-corrected chi connectivity index (χ3v) is 3.46. The number of aromatic nitrogens is 4. The summed E-state index contributed by atoms with van der Waals surface area (Å²) in [5, 5.41) is 12.9. The van der Waals surface area contributed by atoms with Crippen molar-refractivity contribution in [2.75, 3.05) is 14.2 Å². The van der Waals surface area contributed by atoms with Crippen LogP contribution in [0.15, 0.2) is 24.5 Å². The fraction of sp³-hybridized carbons (Fsp3) is 0.182. The topological polar surface area (TPSA) is 61.5 Å². The molecule has 0 aliphatic rings. The molecular weight excluding hydrogens is 252 g/mol. The zero-order valence-electron chi connectivity index (χ0n) is 9.82. The van der Waals surface area contributed by atoms with Crippen LogP contribution in [-0.4, -0.2) is 34.0 Å². The minimum atomic E-state index is 0.722. The summed E-state index contributed by atoms with van der Waals surface area (Å²) in [6.07, 6.45) is 1.57. The Bertz CT molecular complexity index is 640. The van der Waals surface area contributed by atoms with E-state index in [1.165, 1.54) is 11.3 Å². The molecule has 0 aliphatic carbocycles. The van der Waals surface area contributed by atoms with Gasteiger partial charge in [0.25, 0.3) is 0 Å². The molecule has 2 heterocycles. The van der Waals surface area contributed by atoms with Crippen molar-refractivity contribution < 1.29 is 9.47 Å². The Morgan fingerprint density at radius 2 is 1.89 bits per heavy atom. The second-order valence-corrected chi connectivity index (χ2v) is 4.46. The maximum atomic E-state index is 5.36. The lowest BCUT2D eigenvalue weighted by molar-refractivity contribution is 0.397. The number of fused-ring (bicyclic) bond motifs is 1. The third-order valence-electron chi connectivity index (χ3n) is 2.53. The standard InChI is InChI=1S/C11H10N4O2S/c1-16-7-4-3-5-8(17-2)9(7)10-14-15-6-12-13-11(15)18-10/h3-6H,1-2H3. The Balaban J connectivity index is 2.23. The molecule has 0 amide bonds. The fourth-order valence-corrected chi connectivity index (χ4v) is 2.60. The molecule has 0 saturated carbocycles. The van der Waals surface area contributed by atoms with Crippen molar-refractivity contribution in [3.05, 3.63) is 24.5 Å². The van der Waals surface area contributed by atoms with Gasteiger partial charge in [0.1, 0.15) is 17.8 Å². The highest BCUT2D eigenvalue weighted by molar-refractivity contribution is 7.19. The lowest BCUT2D eigenvalue weighted by Crippen LogP contribution is -1.93. The summed E-state index contributed by atoms with van der Waals surface area (Å²) in [5.41, 5.74) is 0.831. The molecule has 0 radical (unpaired) electrons. The molecule has 0 saturated heterocycles. The van der Waals surface area contributed by atoms with Crippen molar-refractivity contribution in [2.45, 2.75) is 0 Å². The molecule has 0 atom stereocenters. The summed E-state index contributed by atoms with van der Waals surface area (Å²) in [5.74, 6) is 1.44. The largest absolute Gasteiger partial charge is 0.496 e. The van der Waals surface area contributed by atoms with Gasteiger partial charge in [0.15, 0.2) is 5.01 Å². The molecule has 7 heteroatoms. The van der Waals surface area contributed by atoms with Gasteiger partial charge in [-0.15, -0.1) is 10.2 Å². The van der Waals surface area contributed by atoms with Gasteiger partial charge in [0, 0.05) is 0 Å². The average Bonchev–Trinajstić information content (AvgIpc) is 2.98. The monoisotopic (exact) mass is 262 g/mol. The molecule has 6 nitrogen and oxygen atoms in total. The molecule has 0 N–H and O–H groups in total. The summed E-state index contributed by atoms with van der Waals surface area (Å²) < 4.78 is 12.3. The highest BCUT2D eigenvalue weighted by atomic mass is 32.1. The van der Waals surface area contributed by atoms with Gasteiger partial charge in [-0.3, -0.25) is 0 Å². The van der Waals surface area contributed by atoms with Crippen LogP contribution in [0.4, 0.5) is 0 Å². The Labute approximate surface area is 107 Å². The highest BCUT2D eigenvalue weighted by Gasteiger charge is 2.17. The van der Waals surface area contributed by atoms with Crippen LogP contribution in [0.2, 0.25) is 0 Å². The van der Waals surface area contributed by atoms with Crippen molar-refractivity contribution >= 4 is 16.3 Å². The van der Waals surface area contributed by atoms with Gasteiger partial charge in [-0.25, -0.2) is 0 Å². The second-order valence-electron chi connectivity index (χ2n) is 3.50. The first-order chi connectivity index (χ1) is 8.83. The van der Waals surface area contributed by atoms with Crippen LogP contribution >= 0.6 is 11.3 Å². The van der Waals surface area contributed by atoms with Gasteiger partial charge in [0.2, 0.25) is 4.96 Å². The normalized spacial score (nSPS) is 10.8. The first kappa shape index (κ1) is 11.0. The number of methoxy groups -OCH3 is 2. The van der Waals surface area contributed by atoms with E-state index in [1.807, 2.05) is 18.2 Å². The number of benzene rings is 1. The molecule has 18 heavy (non-hydrogen) atoms. The van der Waals surface area contributed by atoms with E-state index in [-0.39, 0.29) is 0 Å². The van der Waals surface area contributed by atoms with E-state index in [1.54, 1.807) is 25.1 Å². The van der Waals surface area contributed by atoms with E-state index in [0.29, 0.717) is 0 Å². The van der Waals surface area contributed by atoms with Gasteiger partial charge >= 0.3 is 0 Å². The summed E-state index contributed by atoms with van der Waals surface area (Å²) >= 11 is 1.43. The SMILES string of the molecule is COc1cccc(OC)c1-c1nn2cnnc2s1. The van der Waals surface area contributed by atoms with Crippen LogP contribution < -0.4 is 9.47 Å². The molecular formula is C11H10N4O2S. The van der Waals surface area contributed by atoms with Crippen molar-refractivity contribution in [1.82, 2.24) is 19.8 Å². The summed E-state index contributed by atoms with van der Waals surface area (Å²) in [4.78, 5) is 0.734. The fourth-order valence-electron chi connectivity index (χ4n) is 1.72. The lowest BCUT2D eigenvalue weighted by atomic mass is 10.2. The van der Waals surface area contributed by atoms with E-state index in [4.69, 9.17) is 9.47 Å². The molecule has 2 aromatic heterocycles. The van der Waals surface area contributed by atoms with E-state index in [2.05, 4.69) is 15.3 Å². The Morgan fingerprint density at radius 3 is 2.50 bits per heavy atom. The van der Waals surface area contributed by atoms with E-state index in [9.17, 15) is 0 Å². The molecule has 3 aromatic rings. The van der Waals surface area contributed by atoms with Gasteiger partial charge in [-0.2, -0.15) is 9.61 Å². The molecule has 0 aliphatic heterocycles. The Hall–Kier alpha value is -2.15. The van der Waals surface area contributed by atoms with Crippen LogP contribution in [0.1, 0.15) is 0 Å². The number of rotatable bonds is 3. The van der Waals surface area contributed by atoms with Crippen molar-refractivity contribution in [2.24, 2.45) is 0 Å². The molecule has 3 rings (SSSR count). The minimum Gasteiger partial charge on any atom is -0.496 e. The Morgan fingerprint density at radius 1 is 1.17 bits per heavy atom. The van der Waals surface area contributed by atoms with Crippen molar-refractivity contribution in [3.63, 3.8) is 0 Å². The van der Waals surface area contributed by atoms with Crippen LogP contribution in [0.3, 0.4) is 0 Å². The lowest BCUT2D eigenvalue weighted by Gasteiger charge is -2.09. The predicted molar refractivity (Wildman–Crippen MR) is 67.2 cm³/mol. The quantitative estimate of drug-likeness (QED) is 0.721. The number of hydrogen-bond acceptors (Lipinski definition) is 6. The van der Waals surface area contributed by atoms with Crippen molar-refractivity contribution in [1.29, 1.82) is 0 Å². The number of nitrogens with zero attached hydrogens (tertiary/aromatic N) is 4. The van der Waals surface area contributed by atoms with E-state index in [0.717, 1.165) is 27.0 Å².